The Morgan fingerprint density at radius 2 is 2.14 bits per heavy atom. The van der Waals surface area contributed by atoms with E-state index in [4.69, 9.17) is 0 Å². The summed E-state index contributed by atoms with van der Waals surface area (Å²) in [5.41, 5.74) is 1.18. The molecule has 1 aromatic heterocycles. The Morgan fingerprint density at radius 3 is 2.64 bits per heavy atom. The summed E-state index contributed by atoms with van der Waals surface area (Å²) in [6.07, 6.45) is 1.05. The number of thiazole rings is 1. The molecule has 0 saturated heterocycles. The van der Waals surface area contributed by atoms with E-state index >= 15 is 0 Å². The van der Waals surface area contributed by atoms with Crippen LogP contribution in [0.4, 0.5) is 0 Å². The van der Waals surface area contributed by atoms with E-state index in [-0.39, 0.29) is 0 Å². The van der Waals surface area contributed by atoms with Crippen molar-refractivity contribution in [3.63, 3.8) is 0 Å². The van der Waals surface area contributed by atoms with Gasteiger partial charge in [0.2, 0.25) is 0 Å². The minimum absolute atomic E-state index is 0.557. The summed E-state index contributed by atoms with van der Waals surface area (Å²) in [4.78, 5) is 4.52. The Hall–Kier alpha value is -0.410. The zero-order chi connectivity index (χ0) is 10.6. The fourth-order valence-electron chi connectivity index (χ4n) is 1.09. The molecule has 1 unspecified atom stereocenters. The fourth-order valence-corrected chi connectivity index (χ4v) is 1.84. The van der Waals surface area contributed by atoms with Gasteiger partial charge in [-0.15, -0.1) is 11.3 Å². The molecule has 0 aliphatic heterocycles. The Morgan fingerprint density at radius 1 is 1.43 bits per heavy atom. The predicted octanol–water partition coefficient (Wildman–Crippen LogP) is 2.84. The van der Waals surface area contributed by atoms with Crippen LogP contribution in [-0.4, -0.2) is 11.0 Å². The summed E-state index contributed by atoms with van der Waals surface area (Å²) in [6, 6.07) is 0.557. The quantitative estimate of drug-likeness (QED) is 0.812. The smallest absolute Gasteiger partial charge is 0.0926 e. The predicted molar refractivity (Wildman–Crippen MR) is 62.6 cm³/mol. The van der Waals surface area contributed by atoms with Gasteiger partial charge >= 0.3 is 0 Å². The van der Waals surface area contributed by atoms with E-state index in [9.17, 15) is 0 Å². The van der Waals surface area contributed by atoms with Gasteiger partial charge in [0.05, 0.1) is 10.7 Å². The third-order valence-electron chi connectivity index (χ3n) is 2.51. The zero-order valence-corrected chi connectivity index (χ0v) is 10.3. The van der Waals surface area contributed by atoms with Gasteiger partial charge in [-0.25, -0.2) is 4.98 Å². The molecule has 0 saturated carbocycles. The van der Waals surface area contributed by atoms with Crippen LogP contribution in [0, 0.1) is 5.92 Å². The van der Waals surface area contributed by atoms with Gasteiger partial charge in [0, 0.05) is 18.0 Å². The van der Waals surface area contributed by atoms with E-state index in [1.807, 2.05) is 0 Å². The summed E-state index contributed by atoms with van der Waals surface area (Å²) >= 11 is 1.76. The highest BCUT2D eigenvalue weighted by Gasteiger charge is 2.07. The molecule has 1 N–H and O–H groups in total. The first-order chi connectivity index (χ1) is 6.63. The number of hydrogen-bond donors (Lipinski definition) is 1. The van der Waals surface area contributed by atoms with Crippen molar-refractivity contribution in [2.45, 2.75) is 46.7 Å². The molecular formula is C11H20N2S. The van der Waals surface area contributed by atoms with Crippen LogP contribution < -0.4 is 5.32 Å². The summed E-state index contributed by atoms with van der Waals surface area (Å²) in [5, 5.41) is 6.87. The lowest BCUT2D eigenvalue weighted by Crippen LogP contribution is -2.30. The number of hydrogen-bond acceptors (Lipinski definition) is 3. The standard InChI is InChI=1S/C11H20N2S/c1-5-11-13-10(7-14-11)6-12-9(4)8(2)3/h7-9,12H,5-6H2,1-4H3. The van der Waals surface area contributed by atoms with E-state index < -0.39 is 0 Å². The van der Waals surface area contributed by atoms with Crippen LogP contribution in [0.1, 0.15) is 38.4 Å². The molecule has 1 atom stereocenters. The van der Waals surface area contributed by atoms with Crippen molar-refractivity contribution in [1.29, 1.82) is 0 Å². The van der Waals surface area contributed by atoms with Gasteiger partial charge in [-0.1, -0.05) is 20.8 Å². The number of aryl methyl sites for hydroxylation is 1. The maximum atomic E-state index is 4.52. The van der Waals surface area contributed by atoms with Crippen molar-refractivity contribution in [3.8, 4) is 0 Å². The molecule has 80 valence electrons. The van der Waals surface area contributed by atoms with Crippen LogP contribution in [0.5, 0.6) is 0 Å². The number of nitrogens with one attached hydrogen (secondary N) is 1. The molecule has 0 aliphatic rings. The molecule has 1 heterocycles. The highest BCUT2D eigenvalue weighted by Crippen LogP contribution is 2.10. The second-order valence-electron chi connectivity index (χ2n) is 4.00. The molecule has 0 aliphatic carbocycles. The average molecular weight is 212 g/mol. The topological polar surface area (TPSA) is 24.9 Å². The number of nitrogens with zero attached hydrogens (tertiary/aromatic N) is 1. The van der Waals surface area contributed by atoms with Crippen LogP contribution in [0.15, 0.2) is 5.38 Å². The summed E-state index contributed by atoms with van der Waals surface area (Å²) < 4.78 is 0. The molecular weight excluding hydrogens is 192 g/mol. The molecule has 14 heavy (non-hydrogen) atoms. The minimum Gasteiger partial charge on any atom is -0.308 e. The average Bonchev–Trinajstić information content (AvgIpc) is 2.61. The summed E-state index contributed by atoms with van der Waals surface area (Å²) in [6.45, 7) is 9.73. The third-order valence-corrected chi connectivity index (χ3v) is 3.55. The second-order valence-corrected chi connectivity index (χ2v) is 4.94. The minimum atomic E-state index is 0.557. The van der Waals surface area contributed by atoms with Crippen molar-refractivity contribution >= 4 is 11.3 Å². The molecule has 1 aromatic rings. The van der Waals surface area contributed by atoms with E-state index in [2.05, 4.69) is 43.4 Å². The first-order valence-electron chi connectivity index (χ1n) is 5.30. The van der Waals surface area contributed by atoms with E-state index in [0.717, 1.165) is 13.0 Å². The van der Waals surface area contributed by atoms with Crippen molar-refractivity contribution in [1.82, 2.24) is 10.3 Å². The highest BCUT2D eigenvalue weighted by atomic mass is 32.1. The number of rotatable bonds is 5. The molecule has 3 heteroatoms. The number of aromatic nitrogens is 1. The molecule has 0 aromatic carbocycles. The molecule has 2 nitrogen and oxygen atoms in total. The maximum Gasteiger partial charge on any atom is 0.0926 e. The van der Waals surface area contributed by atoms with Gasteiger partial charge in [-0.05, 0) is 19.3 Å². The van der Waals surface area contributed by atoms with Crippen molar-refractivity contribution in [2.24, 2.45) is 5.92 Å². The Balaban J connectivity index is 2.37. The Bertz CT molecular complexity index is 268. The third kappa shape index (κ3) is 3.39. The van der Waals surface area contributed by atoms with E-state index in [0.29, 0.717) is 12.0 Å². The highest BCUT2D eigenvalue weighted by molar-refractivity contribution is 7.09. The van der Waals surface area contributed by atoms with Crippen molar-refractivity contribution in [2.75, 3.05) is 0 Å². The molecule has 1 rings (SSSR count). The summed E-state index contributed by atoms with van der Waals surface area (Å²) in [5.74, 6) is 0.680. The van der Waals surface area contributed by atoms with Crippen LogP contribution in [0.2, 0.25) is 0 Å². The molecule has 0 amide bonds. The van der Waals surface area contributed by atoms with Gasteiger partial charge in [-0.3, -0.25) is 0 Å². The second kappa shape index (κ2) is 5.47. The molecule has 0 spiro atoms. The normalized spacial score (nSPS) is 13.5. The summed E-state index contributed by atoms with van der Waals surface area (Å²) in [7, 11) is 0. The van der Waals surface area contributed by atoms with E-state index in [1.54, 1.807) is 11.3 Å². The fraction of sp³-hybridized carbons (Fsp3) is 0.727. The molecule has 0 radical (unpaired) electrons. The zero-order valence-electron chi connectivity index (χ0n) is 9.50. The molecule has 0 fully saturated rings. The van der Waals surface area contributed by atoms with Gasteiger partial charge in [-0.2, -0.15) is 0 Å². The van der Waals surface area contributed by atoms with Gasteiger partial charge < -0.3 is 5.32 Å². The SMILES string of the molecule is CCc1nc(CNC(C)C(C)C)cs1. The Labute approximate surface area is 90.8 Å². The lowest BCUT2D eigenvalue weighted by atomic mass is 10.1. The Kier molecular flexibility index (Phi) is 4.55. The first kappa shape index (κ1) is 11.7. The lowest BCUT2D eigenvalue weighted by molar-refractivity contribution is 0.424. The van der Waals surface area contributed by atoms with E-state index in [1.165, 1.54) is 10.7 Å². The van der Waals surface area contributed by atoms with Crippen molar-refractivity contribution < 1.29 is 0 Å². The maximum absolute atomic E-state index is 4.52. The van der Waals surface area contributed by atoms with Crippen LogP contribution in [0.3, 0.4) is 0 Å². The van der Waals surface area contributed by atoms with Gasteiger partial charge in [0.15, 0.2) is 0 Å². The largest absolute Gasteiger partial charge is 0.308 e. The first-order valence-corrected chi connectivity index (χ1v) is 6.18. The lowest BCUT2D eigenvalue weighted by Gasteiger charge is -2.16. The van der Waals surface area contributed by atoms with Crippen LogP contribution in [0.25, 0.3) is 0 Å². The molecule has 0 bridgehead atoms. The van der Waals surface area contributed by atoms with Gasteiger partial charge in [0.1, 0.15) is 0 Å². The van der Waals surface area contributed by atoms with Crippen LogP contribution in [-0.2, 0) is 13.0 Å². The van der Waals surface area contributed by atoms with Crippen molar-refractivity contribution in [3.05, 3.63) is 16.1 Å². The monoisotopic (exact) mass is 212 g/mol. The van der Waals surface area contributed by atoms with Gasteiger partial charge in [0.25, 0.3) is 0 Å². The van der Waals surface area contributed by atoms with Crippen LogP contribution >= 0.6 is 11.3 Å².